The Bertz CT molecular complexity index is 928. The molecule has 0 aromatic carbocycles. The lowest BCUT2D eigenvalue weighted by molar-refractivity contribution is 0.584. The van der Waals surface area contributed by atoms with Crippen molar-refractivity contribution in [3.63, 3.8) is 0 Å². The zero-order chi connectivity index (χ0) is 18.9. The first-order valence-electron chi connectivity index (χ1n) is 8.88. The molecule has 136 valence electrons. The molecule has 0 saturated carbocycles. The molecule has 0 aliphatic rings. The van der Waals surface area contributed by atoms with E-state index in [1.165, 1.54) is 11.1 Å². The number of pyridine rings is 2. The fraction of sp³-hybridized carbons (Fsp3) is 0.381. The molecule has 0 fully saturated rings. The summed E-state index contributed by atoms with van der Waals surface area (Å²) in [6, 6.07) is 8.29. The van der Waals surface area contributed by atoms with Crippen molar-refractivity contribution in [3.8, 4) is 0 Å². The monoisotopic (exact) mass is 349 g/mol. The van der Waals surface area contributed by atoms with E-state index in [1.807, 2.05) is 24.7 Å². The van der Waals surface area contributed by atoms with Crippen molar-refractivity contribution < 1.29 is 0 Å². The molecular formula is C21H27N5. The molecule has 4 aromatic rings. The van der Waals surface area contributed by atoms with Crippen molar-refractivity contribution in [1.29, 1.82) is 0 Å². The second-order valence-electron chi connectivity index (χ2n) is 8.59. The van der Waals surface area contributed by atoms with Crippen LogP contribution in [0.25, 0.3) is 11.3 Å². The van der Waals surface area contributed by atoms with Crippen molar-refractivity contribution in [1.82, 2.24) is 24.0 Å². The van der Waals surface area contributed by atoms with Crippen LogP contribution in [0.1, 0.15) is 52.7 Å². The van der Waals surface area contributed by atoms with E-state index in [0.29, 0.717) is 0 Å². The lowest BCUT2D eigenvalue weighted by Crippen LogP contribution is -2.12. The number of imidazole rings is 1. The Morgan fingerprint density at radius 1 is 0.731 bits per heavy atom. The summed E-state index contributed by atoms with van der Waals surface area (Å²) in [7, 11) is 0. The summed E-state index contributed by atoms with van der Waals surface area (Å²) in [5.41, 5.74) is 4.88. The van der Waals surface area contributed by atoms with Gasteiger partial charge in [0.15, 0.2) is 5.65 Å². The number of fused-ring (bicyclic) bond motifs is 2. The summed E-state index contributed by atoms with van der Waals surface area (Å²) < 4.78 is 3.86. The van der Waals surface area contributed by atoms with Gasteiger partial charge < -0.3 is 4.40 Å². The molecule has 4 rings (SSSR count). The molecule has 26 heavy (non-hydrogen) atoms. The van der Waals surface area contributed by atoms with Crippen LogP contribution >= 0.6 is 0 Å². The van der Waals surface area contributed by atoms with Gasteiger partial charge in [-0.25, -0.2) is 14.5 Å². The van der Waals surface area contributed by atoms with Crippen LogP contribution in [0.2, 0.25) is 0 Å². The number of nitrogens with zero attached hydrogens (tertiary/aromatic N) is 5. The summed E-state index contributed by atoms with van der Waals surface area (Å²) in [6.07, 6.45) is 9.54. The summed E-state index contributed by atoms with van der Waals surface area (Å²) >= 11 is 0. The van der Waals surface area contributed by atoms with E-state index in [2.05, 4.69) is 85.4 Å². The first-order valence-corrected chi connectivity index (χ1v) is 8.88. The quantitative estimate of drug-likeness (QED) is 0.464. The van der Waals surface area contributed by atoms with E-state index in [1.54, 1.807) is 10.8 Å². The van der Waals surface area contributed by atoms with Crippen molar-refractivity contribution in [3.05, 3.63) is 66.5 Å². The van der Waals surface area contributed by atoms with Crippen LogP contribution < -0.4 is 0 Å². The Balaban J connectivity index is 0.000000151. The van der Waals surface area contributed by atoms with Gasteiger partial charge in [-0.1, -0.05) is 53.7 Å². The maximum absolute atomic E-state index is 4.20. The average molecular weight is 349 g/mol. The third-order valence-corrected chi connectivity index (χ3v) is 4.39. The number of hydrogen-bond acceptors (Lipinski definition) is 3. The van der Waals surface area contributed by atoms with E-state index < -0.39 is 0 Å². The van der Waals surface area contributed by atoms with Gasteiger partial charge in [-0.2, -0.15) is 5.10 Å². The van der Waals surface area contributed by atoms with E-state index in [4.69, 9.17) is 0 Å². The molecule has 0 aliphatic carbocycles. The van der Waals surface area contributed by atoms with E-state index in [-0.39, 0.29) is 10.8 Å². The van der Waals surface area contributed by atoms with Gasteiger partial charge in [0.25, 0.3) is 0 Å². The maximum atomic E-state index is 4.20. The van der Waals surface area contributed by atoms with Crippen LogP contribution in [-0.4, -0.2) is 24.0 Å². The van der Waals surface area contributed by atoms with Crippen LogP contribution in [0.5, 0.6) is 0 Å². The Morgan fingerprint density at radius 3 is 2.00 bits per heavy atom. The van der Waals surface area contributed by atoms with Gasteiger partial charge in [0.05, 0.1) is 0 Å². The molecule has 0 bridgehead atoms. The SMILES string of the molecule is CC(C)(C)c1ccc2nccn2c1.CC(C)(C)c1ccc2ncnn2c1. The average Bonchev–Trinajstić information content (AvgIpc) is 3.21. The topological polar surface area (TPSA) is 47.5 Å². The second kappa shape index (κ2) is 6.56. The second-order valence-corrected chi connectivity index (χ2v) is 8.59. The molecule has 0 N–H and O–H groups in total. The van der Waals surface area contributed by atoms with Gasteiger partial charge in [-0.05, 0) is 34.1 Å². The highest BCUT2D eigenvalue weighted by Gasteiger charge is 2.14. The zero-order valence-corrected chi connectivity index (χ0v) is 16.4. The summed E-state index contributed by atoms with van der Waals surface area (Å²) in [5, 5.41) is 4.10. The highest BCUT2D eigenvalue weighted by Crippen LogP contribution is 2.22. The van der Waals surface area contributed by atoms with Crippen LogP contribution in [0.15, 0.2) is 55.4 Å². The Morgan fingerprint density at radius 2 is 1.35 bits per heavy atom. The van der Waals surface area contributed by atoms with Crippen molar-refractivity contribution in [2.75, 3.05) is 0 Å². The van der Waals surface area contributed by atoms with Crippen LogP contribution in [0, 0.1) is 0 Å². The molecule has 0 aliphatic heterocycles. The number of hydrogen-bond donors (Lipinski definition) is 0. The zero-order valence-electron chi connectivity index (χ0n) is 16.4. The van der Waals surface area contributed by atoms with Gasteiger partial charge in [-0.15, -0.1) is 0 Å². The lowest BCUT2D eigenvalue weighted by Gasteiger charge is -2.18. The van der Waals surface area contributed by atoms with E-state index in [0.717, 1.165) is 11.3 Å². The highest BCUT2D eigenvalue weighted by atomic mass is 15.3. The van der Waals surface area contributed by atoms with Crippen LogP contribution in [0.3, 0.4) is 0 Å². The van der Waals surface area contributed by atoms with Crippen LogP contribution in [0.4, 0.5) is 0 Å². The predicted octanol–water partition coefficient (Wildman–Crippen LogP) is 4.66. The van der Waals surface area contributed by atoms with Gasteiger partial charge >= 0.3 is 0 Å². The molecule has 0 spiro atoms. The van der Waals surface area contributed by atoms with Crippen molar-refractivity contribution >= 4 is 11.3 Å². The standard InChI is InChI=1S/C11H14N2.C10H13N3/c1-11(2,3)9-4-5-10-12-6-7-13(10)8-9;1-10(2,3)8-4-5-9-11-7-12-13(9)6-8/h4-8H,1-3H3;4-7H,1-3H3. The van der Waals surface area contributed by atoms with Gasteiger partial charge in [0.2, 0.25) is 0 Å². The summed E-state index contributed by atoms with van der Waals surface area (Å²) in [6.45, 7) is 13.2. The molecule has 0 unspecified atom stereocenters. The third-order valence-electron chi connectivity index (χ3n) is 4.39. The van der Waals surface area contributed by atoms with Crippen LogP contribution in [-0.2, 0) is 10.8 Å². The molecule has 0 radical (unpaired) electrons. The molecule has 4 heterocycles. The third kappa shape index (κ3) is 3.93. The first-order chi connectivity index (χ1) is 12.1. The predicted molar refractivity (Wildman–Crippen MR) is 106 cm³/mol. The molecule has 5 nitrogen and oxygen atoms in total. The normalized spacial score (nSPS) is 12.2. The van der Waals surface area contributed by atoms with E-state index >= 15 is 0 Å². The summed E-state index contributed by atoms with van der Waals surface area (Å²) in [4.78, 5) is 8.30. The van der Waals surface area contributed by atoms with Gasteiger partial charge in [0, 0.05) is 24.8 Å². The molecule has 5 heteroatoms. The molecule has 4 aromatic heterocycles. The Labute approximate surface area is 154 Å². The van der Waals surface area contributed by atoms with Gasteiger partial charge in [0.1, 0.15) is 12.0 Å². The summed E-state index contributed by atoms with van der Waals surface area (Å²) in [5.74, 6) is 0. The smallest absolute Gasteiger partial charge is 0.155 e. The Hall–Kier alpha value is -2.69. The van der Waals surface area contributed by atoms with Crippen molar-refractivity contribution in [2.24, 2.45) is 0 Å². The minimum Gasteiger partial charge on any atom is -0.307 e. The maximum Gasteiger partial charge on any atom is 0.155 e. The molecule has 0 atom stereocenters. The lowest BCUT2D eigenvalue weighted by atomic mass is 9.88. The molecule has 0 amide bonds. The minimum atomic E-state index is 0.167. The van der Waals surface area contributed by atoms with E-state index in [9.17, 15) is 0 Å². The Kier molecular flexibility index (Phi) is 4.57. The minimum absolute atomic E-state index is 0.167. The van der Waals surface area contributed by atoms with Gasteiger partial charge in [-0.3, -0.25) is 0 Å². The fourth-order valence-corrected chi connectivity index (χ4v) is 2.62. The largest absolute Gasteiger partial charge is 0.307 e. The highest BCUT2D eigenvalue weighted by molar-refractivity contribution is 5.41. The molecular weight excluding hydrogens is 322 g/mol. The molecule has 0 saturated heterocycles. The fourth-order valence-electron chi connectivity index (χ4n) is 2.62. The first kappa shape index (κ1) is 18.1. The number of rotatable bonds is 0. The van der Waals surface area contributed by atoms with Crippen molar-refractivity contribution in [2.45, 2.75) is 52.4 Å². The number of aromatic nitrogens is 5.